The van der Waals surface area contributed by atoms with Crippen LogP contribution in [0.3, 0.4) is 0 Å². The highest BCUT2D eigenvalue weighted by Gasteiger charge is 2.28. The lowest BCUT2D eigenvalue weighted by Gasteiger charge is -2.35. The van der Waals surface area contributed by atoms with Gasteiger partial charge in [-0.25, -0.2) is 0 Å². The summed E-state index contributed by atoms with van der Waals surface area (Å²) in [5.74, 6) is 0.321. The first-order valence-electron chi connectivity index (χ1n) is 10.4. The molecule has 6 nitrogen and oxygen atoms in total. The molecule has 2 fully saturated rings. The SMILES string of the molecule is CC1CCN(C(=O)CN2CCN(CC(=O)NC3CC3)CC2)c2ccccc2S1. The van der Waals surface area contributed by atoms with Crippen LogP contribution in [-0.2, 0) is 9.59 Å². The second kappa shape index (κ2) is 8.84. The van der Waals surface area contributed by atoms with Crippen LogP contribution >= 0.6 is 11.8 Å². The third-order valence-corrected chi connectivity index (χ3v) is 6.92. The number of rotatable bonds is 5. The highest BCUT2D eigenvalue weighted by Crippen LogP contribution is 2.37. The number of amides is 2. The van der Waals surface area contributed by atoms with Crippen molar-refractivity contribution in [1.82, 2.24) is 15.1 Å². The molecule has 0 bridgehead atoms. The van der Waals surface area contributed by atoms with Crippen LogP contribution in [0.15, 0.2) is 29.2 Å². The molecule has 1 saturated carbocycles. The molecule has 1 aromatic carbocycles. The Morgan fingerprint density at radius 1 is 1.00 bits per heavy atom. The zero-order valence-electron chi connectivity index (χ0n) is 16.6. The van der Waals surface area contributed by atoms with E-state index in [0.29, 0.717) is 24.4 Å². The quantitative estimate of drug-likeness (QED) is 0.814. The highest BCUT2D eigenvalue weighted by atomic mass is 32.2. The van der Waals surface area contributed by atoms with Crippen LogP contribution in [0.1, 0.15) is 26.2 Å². The number of carbonyl (C=O) groups excluding carboxylic acids is 2. The van der Waals surface area contributed by atoms with E-state index in [1.165, 1.54) is 4.90 Å². The highest BCUT2D eigenvalue weighted by molar-refractivity contribution is 8.00. The van der Waals surface area contributed by atoms with Gasteiger partial charge >= 0.3 is 0 Å². The third-order valence-electron chi connectivity index (χ3n) is 5.68. The number of thioether (sulfide) groups is 1. The van der Waals surface area contributed by atoms with E-state index in [1.54, 1.807) is 0 Å². The van der Waals surface area contributed by atoms with Crippen LogP contribution in [0, 0.1) is 0 Å². The number of carbonyl (C=O) groups is 2. The van der Waals surface area contributed by atoms with E-state index in [1.807, 2.05) is 28.8 Å². The average molecular weight is 403 g/mol. The Bertz CT molecular complexity index is 716. The Hall–Kier alpha value is -1.57. The van der Waals surface area contributed by atoms with Crippen molar-refractivity contribution in [3.05, 3.63) is 24.3 Å². The number of benzene rings is 1. The largest absolute Gasteiger partial charge is 0.352 e. The molecule has 4 rings (SSSR count). The van der Waals surface area contributed by atoms with Crippen molar-refractivity contribution in [2.75, 3.05) is 50.7 Å². The van der Waals surface area contributed by atoms with Crippen molar-refractivity contribution < 1.29 is 9.59 Å². The third kappa shape index (κ3) is 5.07. The minimum absolute atomic E-state index is 0.139. The molecule has 1 saturated heterocycles. The summed E-state index contributed by atoms with van der Waals surface area (Å²) in [5.41, 5.74) is 1.05. The molecule has 0 spiro atoms. The van der Waals surface area contributed by atoms with E-state index >= 15 is 0 Å². The van der Waals surface area contributed by atoms with Crippen molar-refractivity contribution in [3.8, 4) is 0 Å². The Morgan fingerprint density at radius 2 is 1.68 bits per heavy atom. The standard InChI is InChI=1S/C21H30N4O2S/c1-16-8-9-25(18-4-2-3-5-19(18)28-16)21(27)15-24-12-10-23(11-13-24)14-20(26)22-17-6-7-17/h2-5,16-17H,6-15H2,1H3,(H,22,26). The van der Waals surface area contributed by atoms with Gasteiger partial charge in [0.15, 0.2) is 0 Å². The maximum Gasteiger partial charge on any atom is 0.241 e. The van der Waals surface area contributed by atoms with Gasteiger partial charge in [0.1, 0.15) is 0 Å². The van der Waals surface area contributed by atoms with E-state index in [-0.39, 0.29) is 11.8 Å². The van der Waals surface area contributed by atoms with Crippen LogP contribution in [0.4, 0.5) is 5.69 Å². The summed E-state index contributed by atoms with van der Waals surface area (Å²) >= 11 is 1.86. The number of nitrogens with zero attached hydrogens (tertiary/aromatic N) is 3. The number of fused-ring (bicyclic) bond motifs is 1. The first kappa shape index (κ1) is 19.7. The number of para-hydroxylation sites is 1. The molecule has 28 heavy (non-hydrogen) atoms. The van der Waals surface area contributed by atoms with Gasteiger partial charge in [0.05, 0.1) is 18.8 Å². The Balaban J connectivity index is 1.29. The monoisotopic (exact) mass is 402 g/mol. The van der Waals surface area contributed by atoms with Gasteiger partial charge in [0.2, 0.25) is 11.8 Å². The number of nitrogens with one attached hydrogen (secondary N) is 1. The zero-order chi connectivity index (χ0) is 19.5. The van der Waals surface area contributed by atoms with Gasteiger partial charge in [-0.05, 0) is 31.4 Å². The first-order valence-corrected chi connectivity index (χ1v) is 11.3. The molecule has 1 aromatic rings. The maximum atomic E-state index is 13.1. The van der Waals surface area contributed by atoms with Gasteiger partial charge in [-0.2, -0.15) is 0 Å². The molecular weight excluding hydrogens is 372 g/mol. The summed E-state index contributed by atoms with van der Waals surface area (Å²) in [6.07, 6.45) is 3.26. The number of hydrogen-bond donors (Lipinski definition) is 1. The zero-order valence-corrected chi connectivity index (χ0v) is 17.4. The van der Waals surface area contributed by atoms with Gasteiger partial charge in [0, 0.05) is 48.9 Å². The number of hydrogen-bond acceptors (Lipinski definition) is 5. The van der Waals surface area contributed by atoms with E-state index in [4.69, 9.17) is 0 Å². The lowest BCUT2D eigenvalue weighted by Crippen LogP contribution is -2.52. The summed E-state index contributed by atoms with van der Waals surface area (Å²) in [7, 11) is 0. The van der Waals surface area contributed by atoms with Crippen LogP contribution in [0.25, 0.3) is 0 Å². The number of piperazine rings is 1. The topological polar surface area (TPSA) is 55.9 Å². The molecule has 1 unspecified atom stereocenters. The van der Waals surface area contributed by atoms with Gasteiger partial charge in [-0.3, -0.25) is 19.4 Å². The lowest BCUT2D eigenvalue weighted by atomic mass is 10.2. The molecule has 1 atom stereocenters. The van der Waals surface area contributed by atoms with E-state index < -0.39 is 0 Å². The summed E-state index contributed by atoms with van der Waals surface area (Å²) in [5, 5.41) is 3.57. The Labute approximate surface area is 171 Å². The van der Waals surface area contributed by atoms with Crippen molar-refractivity contribution in [3.63, 3.8) is 0 Å². The van der Waals surface area contributed by atoms with Gasteiger partial charge in [0.25, 0.3) is 0 Å². The van der Waals surface area contributed by atoms with Crippen LogP contribution < -0.4 is 10.2 Å². The predicted molar refractivity (Wildman–Crippen MR) is 113 cm³/mol. The molecule has 0 aromatic heterocycles. The molecule has 2 aliphatic heterocycles. The summed E-state index contributed by atoms with van der Waals surface area (Å²) in [6, 6.07) is 8.66. The summed E-state index contributed by atoms with van der Waals surface area (Å²) in [4.78, 5) is 32.6. The first-order chi connectivity index (χ1) is 13.6. The molecule has 1 N–H and O–H groups in total. The van der Waals surface area contributed by atoms with Gasteiger partial charge < -0.3 is 10.2 Å². The second-order valence-corrected chi connectivity index (χ2v) is 9.60. The maximum absolute atomic E-state index is 13.1. The fourth-order valence-electron chi connectivity index (χ4n) is 3.83. The van der Waals surface area contributed by atoms with E-state index in [9.17, 15) is 9.59 Å². The minimum atomic E-state index is 0.139. The fourth-order valence-corrected chi connectivity index (χ4v) is 4.94. The summed E-state index contributed by atoms with van der Waals surface area (Å²) < 4.78 is 0. The molecular formula is C21H30N4O2S. The Kier molecular flexibility index (Phi) is 6.23. The number of anilines is 1. The smallest absolute Gasteiger partial charge is 0.241 e. The van der Waals surface area contributed by atoms with E-state index in [2.05, 4.69) is 34.2 Å². The molecule has 0 radical (unpaired) electrons. The van der Waals surface area contributed by atoms with Crippen molar-refractivity contribution >= 4 is 29.3 Å². The predicted octanol–water partition coefficient (Wildman–Crippen LogP) is 1.80. The molecule has 1 aliphatic carbocycles. The van der Waals surface area contributed by atoms with E-state index in [0.717, 1.165) is 57.7 Å². The van der Waals surface area contributed by atoms with Crippen LogP contribution in [0.2, 0.25) is 0 Å². The molecule has 2 amide bonds. The normalized spacial score (nSPS) is 23.8. The average Bonchev–Trinajstić information content (AvgIpc) is 3.49. The minimum Gasteiger partial charge on any atom is -0.352 e. The summed E-state index contributed by atoms with van der Waals surface area (Å²) in [6.45, 7) is 7.30. The van der Waals surface area contributed by atoms with Gasteiger partial charge in [-0.15, -0.1) is 11.8 Å². The van der Waals surface area contributed by atoms with Crippen LogP contribution in [-0.4, -0.2) is 78.7 Å². The van der Waals surface area contributed by atoms with Crippen molar-refractivity contribution in [2.24, 2.45) is 0 Å². The van der Waals surface area contributed by atoms with Gasteiger partial charge in [-0.1, -0.05) is 19.1 Å². The second-order valence-electron chi connectivity index (χ2n) is 8.12. The van der Waals surface area contributed by atoms with Crippen LogP contribution in [0.5, 0.6) is 0 Å². The molecule has 152 valence electrons. The van der Waals surface area contributed by atoms with Crippen molar-refractivity contribution in [1.29, 1.82) is 0 Å². The molecule has 2 heterocycles. The fraction of sp³-hybridized carbons (Fsp3) is 0.619. The lowest BCUT2D eigenvalue weighted by molar-refractivity contribution is -0.124. The van der Waals surface area contributed by atoms with Crippen molar-refractivity contribution in [2.45, 2.75) is 42.4 Å². The molecule has 7 heteroatoms. The molecule has 3 aliphatic rings. The Morgan fingerprint density at radius 3 is 2.39 bits per heavy atom.